The number of ether oxygens (including phenoxy) is 2. The van der Waals surface area contributed by atoms with Gasteiger partial charge in [-0.25, -0.2) is 14.6 Å². The fourth-order valence-electron chi connectivity index (χ4n) is 5.04. The number of aromatic nitrogens is 2. The molecule has 3 aromatic rings. The van der Waals surface area contributed by atoms with Crippen LogP contribution in [0.25, 0.3) is 10.9 Å². The van der Waals surface area contributed by atoms with Crippen LogP contribution >= 0.6 is 0 Å². The van der Waals surface area contributed by atoms with Crippen LogP contribution < -0.4 is 21.1 Å². The van der Waals surface area contributed by atoms with Gasteiger partial charge in [0.2, 0.25) is 5.91 Å². The van der Waals surface area contributed by atoms with E-state index in [0.29, 0.717) is 23.3 Å². The molecule has 0 saturated heterocycles. The molecule has 2 aromatic carbocycles. The van der Waals surface area contributed by atoms with E-state index in [1.807, 2.05) is 11.0 Å². The number of benzene rings is 2. The van der Waals surface area contributed by atoms with E-state index < -0.39 is 47.0 Å². The number of carbonyl (C=O) groups is 4. The summed E-state index contributed by atoms with van der Waals surface area (Å²) in [4.78, 5) is 73.7. The van der Waals surface area contributed by atoms with E-state index in [1.165, 1.54) is 0 Å². The lowest BCUT2D eigenvalue weighted by Gasteiger charge is -2.27. The number of hydrogen-bond acceptors (Lipinski definition) is 9. The molecule has 1 heterocycles. The molecule has 0 fully saturated rings. The van der Waals surface area contributed by atoms with Crippen molar-refractivity contribution in [2.75, 3.05) is 11.4 Å². The first-order valence-corrected chi connectivity index (χ1v) is 16.6. The highest BCUT2D eigenvalue weighted by atomic mass is 16.6. The molecule has 0 aliphatic carbocycles. The topological polar surface area (TPSA) is 160 Å². The number of rotatable bonds is 13. The zero-order chi connectivity index (χ0) is 37.4. The fourth-order valence-corrected chi connectivity index (χ4v) is 5.04. The van der Waals surface area contributed by atoms with Gasteiger partial charge in [-0.15, -0.1) is 6.42 Å². The maximum Gasteiger partial charge on any atom is 0.329 e. The number of H-pyrrole nitrogens is 1. The Labute approximate surface area is 293 Å². The molecule has 3 N–H and O–H groups in total. The Bertz CT molecular complexity index is 1790. The monoisotopic (exact) mass is 687 g/mol. The maximum atomic E-state index is 13.4. The predicted octanol–water partition coefficient (Wildman–Crippen LogP) is 4.57. The average Bonchev–Trinajstić information content (AvgIpc) is 3.00. The fraction of sp³-hybridized carbons (Fsp3) is 0.474. The van der Waals surface area contributed by atoms with Gasteiger partial charge in [-0.05, 0) is 103 Å². The molecule has 0 aliphatic rings. The van der Waals surface area contributed by atoms with Crippen molar-refractivity contribution in [2.45, 2.75) is 105 Å². The third-order valence-corrected chi connectivity index (χ3v) is 7.34. The summed E-state index contributed by atoms with van der Waals surface area (Å²) >= 11 is 0. The average molecular weight is 688 g/mol. The van der Waals surface area contributed by atoms with Crippen LogP contribution in [0.1, 0.15) is 90.0 Å². The van der Waals surface area contributed by atoms with Crippen molar-refractivity contribution < 1.29 is 28.7 Å². The summed E-state index contributed by atoms with van der Waals surface area (Å²) < 4.78 is 11.0. The number of terminal acetylenes is 1. The van der Waals surface area contributed by atoms with Gasteiger partial charge >= 0.3 is 11.9 Å². The molecular weight excluding hydrogens is 638 g/mol. The van der Waals surface area contributed by atoms with Crippen LogP contribution in [-0.4, -0.2) is 63.6 Å². The summed E-state index contributed by atoms with van der Waals surface area (Å²) in [6.45, 7) is 16.3. The van der Waals surface area contributed by atoms with E-state index in [0.717, 1.165) is 11.3 Å². The Balaban J connectivity index is 1.74. The van der Waals surface area contributed by atoms with Crippen molar-refractivity contribution in [1.82, 2.24) is 20.6 Å². The standard InChI is InChI=1S/C38H49N5O7/c1-11-20-43(22-25-12-17-29-28(21-25)34(46)40-24(4)39-29)27-15-13-26(14-16-27)33(45)41-30(35(47)49-37(5,6)7)18-19-31(44)42-32(23(2)3)36(48)50-38(8,9)10/h1,12-17,21,23,30,32H,18-20,22H2,2-10H3,(H,41,45)(H,42,44)(H,39,40,46)/t30-,32-/m0/s1. The van der Waals surface area contributed by atoms with Crippen LogP contribution in [-0.2, 0) is 30.4 Å². The Kier molecular flexibility index (Phi) is 12.9. The van der Waals surface area contributed by atoms with E-state index in [2.05, 4.69) is 26.5 Å². The van der Waals surface area contributed by atoms with Crippen LogP contribution in [0.15, 0.2) is 47.3 Å². The van der Waals surface area contributed by atoms with E-state index in [4.69, 9.17) is 15.9 Å². The second-order valence-electron chi connectivity index (χ2n) is 14.5. The lowest BCUT2D eigenvalue weighted by molar-refractivity contribution is -0.160. The summed E-state index contributed by atoms with van der Waals surface area (Å²) in [5, 5.41) is 5.89. The predicted molar refractivity (Wildman–Crippen MR) is 192 cm³/mol. The Morgan fingerprint density at radius 1 is 0.940 bits per heavy atom. The van der Waals surface area contributed by atoms with Gasteiger partial charge in [0.15, 0.2) is 0 Å². The third-order valence-electron chi connectivity index (χ3n) is 7.34. The Hall–Kier alpha value is -5.18. The molecule has 268 valence electrons. The van der Waals surface area contributed by atoms with E-state index in [-0.39, 0.29) is 36.4 Å². The summed E-state index contributed by atoms with van der Waals surface area (Å²) in [7, 11) is 0. The minimum Gasteiger partial charge on any atom is -0.458 e. The Morgan fingerprint density at radius 2 is 1.56 bits per heavy atom. The largest absolute Gasteiger partial charge is 0.458 e. The van der Waals surface area contributed by atoms with E-state index in [9.17, 15) is 24.0 Å². The lowest BCUT2D eigenvalue weighted by Crippen LogP contribution is -2.48. The molecular formula is C38H49N5O7. The number of nitrogens with one attached hydrogen (secondary N) is 3. The Morgan fingerprint density at radius 3 is 2.14 bits per heavy atom. The minimum atomic E-state index is -1.14. The highest BCUT2D eigenvalue weighted by Gasteiger charge is 2.31. The molecule has 1 aromatic heterocycles. The SMILES string of the molecule is C#CCN(Cc1ccc2nc(C)[nH]c(=O)c2c1)c1ccc(C(=O)N[C@@H](CCC(=O)N[C@H](C(=O)OC(C)(C)C)C(C)C)C(=O)OC(C)(C)C)cc1. The summed E-state index contributed by atoms with van der Waals surface area (Å²) in [5.41, 5.74) is 0.670. The summed E-state index contributed by atoms with van der Waals surface area (Å²) in [5.74, 6) is 0.682. The molecule has 0 aliphatic heterocycles. The second-order valence-corrected chi connectivity index (χ2v) is 14.5. The lowest BCUT2D eigenvalue weighted by atomic mass is 10.0. The van der Waals surface area contributed by atoms with Gasteiger partial charge < -0.3 is 30.0 Å². The molecule has 0 unspecified atom stereocenters. The molecule has 2 atom stereocenters. The normalized spacial score (nSPS) is 12.8. The van der Waals surface area contributed by atoms with Gasteiger partial charge in [0.05, 0.1) is 17.4 Å². The smallest absolute Gasteiger partial charge is 0.329 e. The third kappa shape index (κ3) is 11.8. The van der Waals surface area contributed by atoms with E-state index >= 15 is 0 Å². The highest BCUT2D eigenvalue weighted by Crippen LogP contribution is 2.21. The molecule has 2 amide bonds. The van der Waals surface area contributed by atoms with Crippen molar-refractivity contribution in [2.24, 2.45) is 5.92 Å². The molecule has 3 rings (SSSR count). The highest BCUT2D eigenvalue weighted by molar-refractivity contribution is 5.97. The zero-order valence-corrected chi connectivity index (χ0v) is 30.4. The number of carbonyl (C=O) groups excluding carboxylic acids is 4. The van der Waals surface area contributed by atoms with Crippen LogP contribution in [0.4, 0.5) is 5.69 Å². The number of aromatic amines is 1. The van der Waals surface area contributed by atoms with Crippen LogP contribution in [0, 0.1) is 25.2 Å². The van der Waals surface area contributed by atoms with Crippen molar-refractivity contribution in [1.29, 1.82) is 0 Å². The van der Waals surface area contributed by atoms with Gasteiger partial charge in [0.1, 0.15) is 29.1 Å². The molecule has 0 radical (unpaired) electrons. The first-order chi connectivity index (χ1) is 23.3. The second kappa shape index (κ2) is 16.5. The molecule has 0 saturated carbocycles. The first kappa shape index (κ1) is 39.3. The maximum absolute atomic E-state index is 13.4. The van der Waals surface area contributed by atoms with Crippen LogP contribution in [0.5, 0.6) is 0 Å². The number of esters is 2. The molecule has 12 heteroatoms. The number of amides is 2. The zero-order valence-electron chi connectivity index (χ0n) is 30.4. The quantitative estimate of drug-likeness (QED) is 0.173. The minimum absolute atomic E-state index is 0.0661. The van der Waals surface area contributed by atoms with Crippen molar-refractivity contribution >= 4 is 40.3 Å². The van der Waals surface area contributed by atoms with Crippen LogP contribution in [0.2, 0.25) is 0 Å². The van der Waals surface area contributed by atoms with Gasteiger partial charge in [-0.3, -0.25) is 14.4 Å². The van der Waals surface area contributed by atoms with Crippen LogP contribution in [0.3, 0.4) is 0 Å². The van der Waals surface area contributed by atoms with Gasteiger partial charge in [0.25, 0.3) is 11.5 Å². The number of anilines is 1. The van der Waals surface area contributed by atoms with Crippen molar-refractivity contribution in [3.05, 3.63) is 69.8 Å². The molecule has 50 heavy (non-hydrogen) atoms. The van der Waals surface area contributed by atoms with Gasteiger partial charge in [-0.2, -0.15) is 0 Å². The van der Waals surface area contributed by atoms with E-state index in [1.54, 1.807) is 98.7 Å². The summed E-state index contributed by atoms with van der Waals surface area (Å²) in [6, 6.07) is 10.1. The number of fused-ring (bicyclic) bond motifs is 1. The van der Waals surface area contributed by atoms with Crippen molar-refractivity contribution in [3.63, 3.8) is 0 Å². The molecule has 0 spiro atoms. The molecule has 0 bridgehead atoms. The number of hydrogen-bond donors (Lipinski definition) is 3. The number of nitrogens with zero attached hydrogens (tertiary/aromatic N) is 2. The van der Waals surface area contributed by atoms with Crippen molar-refractivity contribution in [3.8, 4) is 12.3 Å². The van der Waals surface area contributed by atoms with Gasteiger partial charge in [-0.1, -0.05) is 25.8 Å². The number of aryl methyl sites for hydroxylation is 1. The summed E-state index contributed by atoms with van der Waals surface area (Å²) in [6.07, 6.45) is 5.44. The molecule has 12 nitrogen and oxygen atoms in total. The van der Waals surface area contributed by atoms with Gasteiger partial charge in [0, 0.05) is 24.2 Å². The first-order valence-electron chi connectivity index (χ1n) is 16.6.